The van der Waals surface area contributed by atoms with Crippen LogP contribution in [0.4, 0.5) is 0 Å². The Morgan fingerprint density at radius 3 is 2.21 bits per heavy atom. The van der Waals surface area contributed by atoms with Gasteiger partial charge in [0.2, 0.25) is 15.9 Å². The van der Waals surface area contributed by atoms with E-state index in [1.807, 2.05) is 93.6 Å². The highest BCUT2D eigenvalue weighted by molar-refractivity contribution is 7.89. The van der Waals surface area contributed by atoms with Gasteiger partial charge in [0.05, 0.1) is 29.8 Å². The summed E-state index contributed by atoms with van der Waals surface area (Å²) in [6, 6.07) is 32.4. The van der Waals surface area contributed by atoms with Gasteiger partial charge in [0, 0.05) is 36.2 Å². The molecule has 0 bridgehead atoms. The summed E-state index contributed by atoms with van der Waals surface area (Å²) in [5.41, 5.74) is 5.15. The lowest BCUT2D eigenvalue weighted by Crippen LogP contribution is -2.61. The van der Waals surface area contributed by atoms with Crippen LogP contribution < -0.4 is 10.0 Å². The number of carbonyl (C=O) groups is 1. The molecule has 0 radical (unpaired) electrons. The van der Waals surface area contributed by atoms with Gasteiger partial charge in [-0.15, -0.1) is 0 Å². The van der Waals surface area contributed by atoms with Gasteiger partial charge in [-0.25, -0.2) is 13.1 Å². The van der Waals surface area contributed by atoms with Crippen LogP contribution in [0.15, 0.2) is 108 Å². The van der Waals surface area contributed by atoms with Crippen LogP contribution in [0.25, 0.3) is 11.1 Å². The van der Waals surface area contributed by atoms with Crippen molar-refractivity contribution in [2.75, 3.05) is 6.54 Å². The molecule has 0 aromatic heterocycles. The molecule has 2 saturated heterocycles. The maximum Gasteiger partial charge on any atom is 0.240 e. The predicted octanol–water partition coefficient (Wildman–Crippen LogP) is 8.05. The summed E-state index contributed by atoms with van der Waals surface area (Å²) in [6.07, 6.45) is 5.47. The van der Waals surface area contributed by atoms with Crippen molar-refractivity contribution in [2.45, 2.75) is 120 Å². The molecule has 7 atom stereocenters. The molecule has 10 heteroatoms. The number of ether oxygens (including phenoxy) is 2. The van der Waals surface area contributed by atoms with Gasteiger partial charge in [-0.3, -0.25) is 9.69 Å². The third-order valence-corrected chi connectivity index (χ3v) is 13.3. The highest BCUT2D eigenvalue weighted by Gasteiger charge is 2.46. The molecule has 298 valence electrons. The number of hydrogen-bond donors (Lipinski definition) is 3. The molecule has 2 heterocycles. The van der Waals surface area contributed by atoms with Gasteiger partial charge in [0.1, 0.15) is 0 Å². The number of carbonyl (C=O) groups excluding carboxylic acids is 1. The second-order valence-corrected chi connectivity index (χ2v) is 18.6. The minimum atomic E-state index is -3.68. The summed E-state index contributed by atoms with van der Waals surface area (Å²) in [7, 11) is -3.68. The van der Waals surface area contributed by atoms with Crippen molar-refractivity contribution in [2.24, 2.45) is 11.8 Å². The van der Waals surface area contributed by atoms with Crippen LogP contribution in [-0.4, -0.2) is 54.6 Å². The van der Waals surface area contributed by atoms with Crippen molar-refractivity contribution in [1.82, 2.24) is 14.9 Å². The average Bonchev–Trinajstić information content (AvgIpc) is 3.21. The van der Waals surface area contributed by atoms with Crippen LogP contribution in [-0.2, 0) is 37.4 Å². The molecule has 56 heavy (non-hydrogen) atoms. The van der Waals surface area contributed by atoms with E-state index in [4.69, 9.17) is 9.47 Å². The van der Waals surface area contributed by atoms with E-state index in [9.17, 15) is 18.3 Å². The van der Waals surface area contributed by atoms with Crippen LogP contribution in [0.2, 0.25) is 0 Å². The lowest BCUT2D eigenvalue weighted by atomic mass is 9.75. The SMILES string of the molecule is CC1C(CN2C(C(=O)NC(C)(C)C)CCC3CCCCC32)OC(c2ccc(-c3ccccc3CNS(=O)(=O)c3ccccc3)cc2)OC1c1ccc(CO)cc1. The number of amides is 1. The Labute approximate surface area is 332 Å². The topological polar surface area (TPSA) is 117 Å². The standard InChI is InChI=1S/C46H57N3O6S/c1-31-42(29-49-40-17-11-9-12-34(40)26-27-41(49)44(51)48-46(2,3)4)54-45(55-43(31)35-20-18-32(30-50)19-21-35)36-24-22-33(23-25-36)39-16-10-8-13-37(39)28-47-56(52,53)38-14-6-5-7-15-38/h5-8,10,13-16,18-25,31,34,40-43,45,47,50H,9,11-12,17,26-30H2,1-4H3,(H,48,51). The molecule has 0 spiro atoms. The van der Waals surface area contributed by atoms with Crippen molar-refractivity contribution in [3.63, 3.8) is 0 Å². The number of rotatable bonds is 11. The molecule has 1 amide bonds. The molecule has 9 nitrogen and oxygen atoms in total. The van der Waals surface area contributed by atoms with E-state index in [0.717, 1.165) is 52.6 Å². The molecule has 3 aliphatic rings. The third kappa shape index (κ3) is 9.28. The third-order valence-electron chi connectivity index (χ3n) is 11.8. The number of piperidine rings is 1. The molecule has 2 aliphatic heterocycles. The quantitative estimate of drug-likeness (QED) is 0.141. The molecule has 1 saturated carbocycles. The van der Waals surface area contributed by atoms with Gasteiger partial charge in [-0.05, 0) is 92.3 Å². The summed E-state index contributed by atoms with van der Waals surface area (Å²) in [5, 5.41) is 13.0. The number of hydrogen-bond acceptors (Lipinski definition) is 7. The fourth-order valence-electron chi connectivity index (χ4n) is 8.90. The summed E-state index contributed by atoms with van der Waals surface area (Å²) >= 11 is 0. The molecule has 3 fully saturated rings. The number of fused-ring (bicyclic) bond motifs is 1. The maximum absolute atomic E-state index is 13.9. The monoisotopic (exact) mass is 779 g/mol. The van der Waals surface area contributed by atoms with Crippen LogP contribution in [0.1, 0.15) is 101 Å². The van der Waals surface area contributed by atoms with E-state index in [1.165, 1.54) is 19.3 Å². The number of likely N-dealkylation sites (tertiary alicyclic amines) is 1. The molecule has 4 aromatic rings. The number of nitrogens with one attached hydrogen (secondary N) is 2. The van der Waals surface area contributed by atoms with E-state index >= 15 is 0 Å². The van der Waals surface area contributed by atoms with Gasteiger partial charge >= 0.3 is 0 Å². The van der Waals surface area contributed by atoms with Crippen molar-refractivity contribution in [1.29, 1.82) is 0 Å². The molecular weight excluding hydrogens is 723 g/mol. The van der Waals surface area contributed by atoms with Crippen LogP contribution >= 0.6 is 0 Å². The number of aliphatic hydroxyl groups is 1. The average molecular weight is 780 g/mol. The van der Waals surface area contributed by atoms with Crippen LogP contribution in [0, 0.1) is 11.8 Å². The van der Waals surface area contributed by atoms with Gasteiger partial charge in [-0.1, -0.05) is 111 Å². The van der Waals surface area contributed by atoms with Gasteiger partial charge in [0.15, 0.2) is 6.29 Å². The number of aliphatic hydroxyl groups excluding tert-OH is 1. The Kier molecular flexibility index (Phi) is 12.5. The lowest BCUT2D eigenvalue weighted by Gasteiger charge is -2.51. The Morgan fingerprint density at radius 1 is 0.821 bits per heavy atom. The second kappa shape index (κ2) is 17.3. The van der Waals surface area contributed by atoms with Gasteiger partial charge in [-0.2, -0.15) is 0 Å². The minimum Gasteiger partial charge on any atom is -0.392 e. The first-order chi connectivity index (χ1) is 26.9. The Bertz CT molecular complexity index is 2030. The normalized spacial score (nSPS) is 26.0. The number of sulfonamides is 1. The lowest BCUT2D eigenvalue weighted by molar-refractivity contribution is -0.278. The summed E-state index contributed by atoms with van der Waals surface area (Å²) in [5.74, 6) is 0.657. The molecule has 7 rings (SSSR count). The van der Waals surface area contributed by atoms with E-state index < -0.39 is 16.3 Å². The largest absolute Gasteiger partial charge is 0.392 e. The number of nitrogens with zero attached hydrogens (tertiary/aromatic N) is 1. The van der Waals surface area contributed by atoms with Crippen molar-refractivity contribution in [3.05, 3.63) is 125 Å². The van der Waals surface area contributed by atoms with Gasteiger partial charge < -0.3 is 19.9 Å². The highest BCUT2D eigenvalue weighted by atomic mass is 32.2. The van der Waals surface area contributed by atoms with Gasteiger partial charge in [0.25, 0.3) is 0 Å². The number of benzene rings is 4. The maximum atomic E-state index is 13.9. The zero-order valence-corrected chi connectivity index (χ0v) is 33.9. The highest BCUT2D eigenvalue weighted by Crippen LogP contribution is 2.44. The molecule has 7 unspecified atom stereocenters. The summed E-state index contributed by atoms with van der Waals surface area (Å²) in [6.45, 7) is 9.05. The molecule has 1 aliphatic carbocycles. The smallest absolute Gasteiger partial charge is 0.240 e. The molecular formula is C46H57N3O6S. The summed E-state index contributed by atoms with van der Waals surface area (Å²) in [4.78, 5) is 16.6. The Morgan fingerprint density at radius 2 is 1.50 bits per heavy atom. The first kappa shape index (κ1) is 40.3. The first-order valence-corrected chi connectivity index (χ1v) is 21.7. The zero-order valence-electron chi connectivity index (χ0n) is 33.1. The second-order valence-electron chi connectivity index (χ2n) is 16.9. The summed E-state index contributed by atoms with van der Waals surface area (Å²) < 4.78 is 42.6. The van der Waals surface area contributed by atoms with Crippen molar-refractivity contribution < 1.29 is 27.8 Å². The predicted molar refractivity (Wildman–Crippen MR) is 219 cm³/mol. The van der Waals surface area contributed by atoms with Crippen molar-refractivity contribution >= 4 is 15.9 Å². The van der Waals surface area contributed by atoms with Crippen LogP contribution in [0.3, 0.4) is 0 Å². The minimum absolute atomic E-state index is 0.0210. The fourth-order valence-corrected chi connectivity index (χ4v) is 9.92. The fraction of sp³-hybridized carbons (Fsp3) is 0.457. The van der Waals surface area contributed by atoms with E-state index in [0.29, 0.717) is 18.5 Å². The molecule has 4 aromatic carbocycles. The van der Waals surface area contributed by atoms with Crippen molar-refractivity contribution in [3.8, 4) is 11.1 Å². The van der Waals surface area contributed by atoms with E-state index in [2.05, 4.69) is 21.9 Å². The van der Waals surface area contributed by atoms with Crippen LogP contribution in [0.5, 0.6) is 0 Å². The Balaban J connectivity index is 1.16. The molecule has 3 N–H and O–H groups in total. The Hall–Kier alpha value is -3.90. The van der Waals surface area contributed by atoms with E-state index in [-0.39, 0.29) is 53.7 Å². The first-order valence-electron chi connectivity index (χ1n) is 20.2. The van der Waals surface area contributed by atoms with E-state index in [1.54, 1.807) is 30.3 Å². The zero-order chi connectivity index (χ0) is 39.5.